The standard InChI is InChI=1S/C11H14BrF3N2O/c12-7-3-4-10(18-11(13,14)15)8(6-7)9(17)2-1-5-16/h3-4,6,9H,1-2,5,16-17H2/t9-/m1/s1. The van der Waals surface area contributed by atoms with E-state index in [1.54, 1.807) is 0 Å². The lowest BCUT2D eigenvalue weighted by Gasteiger charge is -2.18. The van der Waals surface area contributed by atoms with Gasteiger partial charge in [0, 0.05) is 16.1 Å². The summed E-state index contributed by atoms with van der Waals surface area (Å²) in [6.07, 6.45) is -3.59. The number of alkyl halides is 3. The van der Waals surface area contributed by atoms with Gasteiger partial charge in [0.2, 0.25) is 0 Å². The summed E-state index contributed by atoms with van der Waals surface area (Å²) in [7, 11) is 0. The Morgan fingerprint density at radius 1 is 1.33 bits per heavy atom. The molecule has 0 aliphatic rings. The summed E-state index contributed by atoms with van der Waals surface area (Å²) in [5, 5.41) is 0. The third-order valence-electron chi connectivity index (χ3n) is 2.32. The van der Waals surface area contributed by atoms with Crippen LogP contribution in [0.4, 0.5) is 13.2 Å². The first-order valence-electron chi connectivity index (χ1n) is 5.34. The van der Waals surface area contributed by atoms with Gasteiger partial charge in [0.15, 0.2) is 0 Å². The molecule has 4 N–H and O–H groups in total. The predicted molar refractivity (Wildman–Crippen MR) is 66.0 cm³/mol. The molecule has 0 fully saturated rings. The molecule has 0 unspecified atom stereocenters. The van der Waals surface area contributed by atoms with Gasteiger partial charge in [0.05, 0.1) is 0 Å². The first-order chi connectivity index (χ1) is 8.33. The fourth-order valence-corrected chi connectivity index (χ4v) is 1.90. The highest BCUT2D eigenvalue weighted by molar-refractivity contribution is 9.10. The van der Waals surface area contributed by atoms with Crippen LogP contribution in [0.2, 0.25) is 0 Å². The monoisotopic (exact) mass is 326 g/mol. The third-order valence-corrected chi connectivity index (χ3v) is 2.81. The number of nitrogens with two attached hydrogens (primary N) is 2. The van der Waals surface area contributed by atoms with Gasteiger partial charge < -0.3 is 16.2 Å². The number of ether oxygens (including phenoxy) is 1. The Balaban J connectivity index is 2.96. The molecular weight excluding hydrogens is 313 g/mol. The lowest BCUT2D eigenvalue weighted by molar-refractivity contribution is -0.275. The van der Waals surface area contributed by atoms with Crippen LogP contribution in [0.1, 0.15) is 24.4 Å². The van der Waals surface area contributed by atoms with Crippen molar-refractivity contribution < 1.29 is 17.9 Å². The van der Waals surface area contributed by atoms with Crippen LogP contribution in [0.25, 0.3) is 0 Å². The fourth-order valence-electron chi connectivity index (χ4n) is 1.52. The van der Waals surface area contributed by atoms with Gasteiger partial charge in [-0.15, -0.1) is 13.2 Å². The normalized spacial score (nSPS) is 13.4. The van der Waals surface area contributed by atoms with E-state index in [9.17, 15) is 13.2 Å². The van der Waals surface area contributed by atoms with E-state index in [0.717, 1.165) is 0 Å². The summed E-state index contributed by atoms with van der Waals surface area (Å²) < 4.78 is 41.3. The van der Waals surface area contributed by atoms with Crippen molar-refractivity contribution in [1.82, 2.24) is 0 Å². The van der Waals surface area contributed by atoms with Gasteiger partial charge in [0.25, 0.3) is 0 Å². The second-order valence-electron chi connectivity index (χ2n) is 3.77. The quantitative estimate of drug-likeness (QED) is 0.874. The highest BCUT2D eigenvalue weighted by Gasteiger charge is 2.32. The van der Waals surface area contributed by atoms with Crippen LogP contribution in [-0.4, -0.2) is 12.9 Å². The van der Waals surface area contributed by atoms with Gasteiger partial charge in [-0.1, -0.05) is 15.9 Å². The average molecular weight is 327 g/mol. The minimum Gasteiger partial charge on any atom is -0.405 e. The smallest absolute Gasteiger partial charge is 0.405 e. The Bertz CT molecular complexity index is 398. The van der Waals surface area contributed by atoms with Crippen molar-refractivity contribution >= 4 is 15.9 Å². The van der Waals surface area contributed by atoms with Crippen molar-refractivity contribution in [3.8, 4) is 5.75 Å². The largest absolute Gasteiger partial charge is 0.573 e. The molecule has 0 aromatic heterocycles. The predicted octanol–water partition coefficient (Wildman–Crippen LogP) is 3.09. The van der Waals surface area contributed by atoms with Crippen molar-refractivity contribution in [3.05, 3.63) is 28.2 Å². The SMILES string of the molecule is NCCC[C@@H](N)c1cc(Br)ccc1OC(F)(F)F. The van der Waals surface area contributed by atoms with Crippen LogP contribution in [0, 0.1) is 0 Å². The Kier molecular flexibility index (Phi) is 5.43. The summed E-state index contributed by atoms with van der Waals surface area (Å²) >= 11 is 3.20. The summed E-state index contributed by atoms with van der Waals surface area (Å²) in [4.78, 5) is 0. The number of hydrogen-bond donors (Lipinski definition) is 2. The van der Waals surface area contributed by atoms with Crippen LogP contribution >= 0.6 is 15.9 Å². The molecule has 0 spiro atoms. The van der Waals surface area contributed by atoms with Crippen molar-refractivity contribution in [2.24, 2.45) is 11.5 Å². The van der Waals surface area contributed by atoms with Gasteiger partial charge in [0.1, 0.15) is 5.75 Å². The zero-order valence-electron chi connectivity index (χ0n) is 9.51. The molecule has 3 nitrogen and oxygen atoms in total. The van der Waals surface area contributed by atoms with Gasteiger partial charge in [-0.2, -0.15) is 0 Å². The number of halogens is 4. The average Bonchev–Trinajstić information content (AvgIpc) is 2.26. The van der Waals surface area contributed by atoms with Gasteiger partial charge >= 0.3 is 6.36 Å². The summed E-state index contributed by atoms with van der Waals surface area (Å²) in [5.41, 5.74) is 11.5. The molecule has 0 saturated carbocycles. The van der Waals surface area contributed by atoms with E-state index in [1.807, 2.05) is 0 Å². The number of hydrogen-bond acceptors (Lipinski definition) is 3. The van der Waals surface area contributed by atoms with E-state index in [4.69, 9.17) is 11.5 Å². The molecule has 0 heterocycles. The van der Waals surface area contributed by atoms with Crippen LogP contribution < -0.4 is 16.2 Å². The molecule has 102 valence electrons. The zero-order chi connectivity index (χ0) is 13.8. The van der Waals surface area contributed by atoms with E-state index in [2.05, 4.69) is 20.7 Å². The molecule has 7 heteroatoms. The van der Waals surface area contributed by atoms with E-state index in [1.165, 1.54) is 18.2 Å². The highest BCUT2D eigenvalue weighted by atomic mass is 79.9. The second kappa shape index (κ2) is 6.40. The molecule has 18 heavy (non-hydrogen) atoms. The maximum atomic E-state index is 12.2. The Morgan fingerprint density at radius 2 is 2.00 bits per heavy atom. The molecule has 1 aromatic carbocycles. The zero-order valence-corrected chi connectivity index (χ0v) is 11.1. The molecule has 0 bridgehead atoms. The van der Waals surface area contributed by atoms with Crippen LogP contribution in [0.3, 0.4) is 0 Å². The first kappa shape index (κ1) is 15.3. The van der Waals surface area contributed by atoms with E-state index in [-0.39, 0.29) is 5.75 Å². The van der Waals surface area contributed by atoms with Crippen molar-refractivity contribution in [1.29, 1.82) is 0 Å². The lowest BCUT2D eigenvalue weighted by Crippen LogP contribution is -2.20. The van der Waals surface area contributed by atoms with Crippen molar-refractivity contribution in [3.63, 3.8) is 0 Å². The molecule has 0 saturated heterocycles. The van der Waals surface area contributed by atoms with Gasteiger partial charge in [-0.25, -0.2) is 0 Å². The van der Waals surface area contributed by atoms with Crippen molar-refractivity contribution in [2.45, 2.75) is 25.2 Å². The molecule has 1 atom stereocenters. The minimum absolute atomic E-state index is 0.268. The molecule has 0 aliphatic heterocycles. The topological polar surface area (TPSA) is 61.3 Å². The maximum Gasteiger partial charge on any atom is 0.573 e. The molecule has 0 amide bonds. The Hall–Kier alpha value is -0.790. The van der Waals surface area contributed by atoms with Gasteiger partial charge in [-0.3, -0.25) is 0 Å². The first-order valence-corrected chi connectivity index (χ1v) is 6.13. The molecular formula is C11H14BrF3N2O. The third kappa shape index (κ3) is 4.83. The maximum absolute atomic E-state index is 12.2. The minimum atomic E-state index is -4.73. The molecule has 1 rings (SSSR count). The van der Waals surface area contributed by atoms with E-state index in [0.29, 0.717) is 29.4 Å². The van der Waals surface area contributed by atoms with Crippen LogP contribution in [-0.2, 0) is 0 Å². The summed E-state index contributed by atoms with van der Waals surface area (Å²) in [6.45, 7) is 0.442. The van der Waals surface area contributed by atoms with Gasteiger partial charge in [-0.05, 0) is 37.6 Å². The van der Waals surface area contributed by atoms with Crippen LogP contribution in [0.15, 0.2) is 22.7 Å². The number of benzene rings is 1. The number of rotatable bonds is 5. The van der Waals surface area contributed by atoms with Crippen LogP contribution in [0.5, 0.6) is 5.75 Å². The molecule has 0 aliphatic carbocycles. The lowest BCUT2D eigenvalue weighted by atomic mass is 10.0. The van der Waals surface area contributed by atoms with E-state index < -0.39 is 12.4 Å². The Morgan fingerprint density at radius 3 is 2.56 bits per heavy atom. The Labute approximate surface area is 111 Å². The van der Waals surface area contributed by atoms with Crippen molar-refractivity contribution in [2.75, 3.05) is 6.54 Å². The molecule has 0 radical (unpaired) electrons. The highest BCUT2D eigenvalue weighted by Crippen LogP contribution is 2.33. The summed E-state index contributed by atoms with van der Waals surface area (Å²) in [5.74, 6) is -0.268. The van der Waals surface area contributed by atoms with E-state index >= 15 is 0 Å². The fraction of sp³-hybridized carbons (Fsp3) is 0.455. The molecule has 1 aromatic rings. The summed E-state index contributed by atoms with van der Waals surface area (Å²) in [6, 6.07) is 3.71. The second-order valence-corrected chi connectivity index (χ2v) is 4.68.